The Hall–Kier alpha value is -1.49. The van der Waals surface area contributed by atoms with Crippen LogP contribution in [0.4, 0.5) is 0 Å². The molecule has 3 rings (SSSR count). The number of carbonyl (C=O) groups is 1. The molecule has 1 aromatic heterocycles. The Labute approximate surface area is 119 Å². The monoisotopic (exact) mass is 274 g/mol. The van der Waals surface area contributed by atoms with Crippen LogP contribution < -0.4 is 5.32 Å². The number of rotatable bonds is 2. The van der Waals surface area contributed by atoms with Crippen molar-refractivity contribution in [3.8, 4) is 0 Å². The third-order valence-corrected chi connectivity index (χ3v) is 4.59. The standard InChI is InChI=1S/C15H22N4O/c1-11-8-18-14(10-17-11)15(20)19-6-3-12(4-7-19)13-2-5-16-9-13/h8,10,12-13,16H,2-7,9H2,1H3. The average molecular weight is 274 g/mol. The molecule has 0 aliphatic carbocycles. The summed E-state index contributed by atoms with van der Waals surface area (Å²) in [5, 5.41) is 3.44. The molecule has 20 heavy (non-hydrogen) atoms. The summed E-state index contributed by atoms with van der Waals surface area (Å²) in [5.74, 6) is 1.62. The molecule has 1 amide bonds. The highest BCUT2D eigenvalue weighted by Gasteiger charge is 2.30. The van der Waals surface area contributed by atoms with Crippen LogP contribution in [0.25, 0.3) is 0 Å². The van der Waals surface area contributed by atoms with Gasteiger partial charge in [-0.25, -0.2) is 4.98 Å². The van der Waals surface area contributed by atoms with E-state index in [1.54, 1.807) is 12.4 Å². The molecule has 0 radical (unpaired) electrons. The highest BCUT2D eigenvalue weighted by molar-refractivity contribution is 5.92. The summed E-state index contributed by atoms with van der Waals surface area (Å²) in [6.45, 7) is 5.90. The van der Waals surface area contributed by atoms with Crippen molar-refractivity contribution in [1.82, 2.24) is 20.2 Å². The molecule has 1 atom stereocenters. The molecule has 2 saturated heterocycles. The van der Waals surface area contributed by atoms with Crippen molar-refractivity contribution < 1.29 is 4.79 Å². The van der Waals surface area contributed by atoms with E-state index in [9.17, 15) is 4.79 Å². The number of hydrogen-bond acceptors (Lipinski definition) is 4. The van der Waals surface area contributed by atoms with Crippen molar-refractivity contribution in [2.75, 3.05) is 26.2 Å². The zero-order chi connectivity index (χ0) is 13.9. The van der Waals surface area contributed by atoms with Gasteiger partial charge in [-0.3, -0.25) is 9.78 Å². The van der Waals surface area contributed by atoms with E-state index in [2.05, 4.69) is 15.3 Å². The summed E-state index contributed by atoms with van der Waals surface area (Å²) in [4.78, 5) is 22.6. The maximum absolute atomic E-state index is 12.4. The molecule has 0 bridgehead atoms. The van der Waals surface area contributed by atoms with Crippen LogP contribution in [0.5, 0.6) is 0 Å². The number of likely N-dealkylation sites (tertiary alicyclic amines) is 1. The number of nitrogens with one attached hydrogen (secondary N) is 1. The molecule has 1 N–H and O–H groups in total. The minimum atomic E-state index is 0.0282. The van der Waals surface area contributed by atoms with E-state index < -0.39 is 0 Å². The van der Waals surface area contributed by atoms with Crippen LogP contribution in [-0.2, 0) is 0 Å². The van der Waals surface area contributed by atoms with Gasteiger partial charge in [-0.15, -0.1) is 0 Å². The second-order valence-electron chi connectivity index (χ2n) is 5.93. The van der Waals surface area contributed by atoms with Gasteiger partial charge in [0.05, 0.1) is 11.9 Å². The Kier molecular flexibility index (Phi) is 3.96. The van der Waals surface area contributed by atoms with E-state index in [-0.39, 0.29) is 5.91 Å². The number of aromatic nitrogens is 2. The SMILES string of the molecule is Cc1cnc(C(=O)N2CCC(C3CCNC3)CC2)cn1. The molecular formula is C15H22N4O. The van der Waals surface area contributed by atoms with Gasteiger partial charge in [-0.1, -0.05) is 0 Å². The lowest BCUT2D eigenvalue weighted by Crippen LogP contribution is -2.40. The van der Waals surface area contributed by atoms with Gasteiger partial charge in [0.2, 0.25) is 0 Å². The van der Waals surface area contributed by atoms with Crippen molar-refractivity contribution in [3.63, 3.8) is 0 Å². The quantitative estimate of drug-likeness (QED) is 0.881. The lowest BCUT2D eigenvalue weighted by atomic mass is 9.84. The largest absolute Gasteiger partial charge is 0.337 e. The Morgan fingerprint density at radius 2 is 2.00 bits per heavy atom. The molecule has 2 fully saturated rings. The van der Waals surface area contributed by atoms with Crippen LogP contribution in [0.1, 0.15) is 35.4 Å². The van der Waals surface area contributed by atoms with Crippen molar-refractivity contribution >= 4 is 5.91 Å². The molecule has 3 heterocycles. The first kappa shape index (κ1) is 13.5. The fourth-order valence-corrected chi connectivity index (χ4v) is 3.32. The molecule has 5 heteroatoms. The summed E-state index contributed by atoms with van der Waals surface area (Å²) in [7, 11) is 0. The second kappa shape index (κ2) is 5.87. The van der Waals surface area contributed by atoms with E-state index in [4.69, 9.17) is 0 Å². The Morgan fingerprint density at radius 1 is 1.20 bits per heavy atom. The molecule has 0 aromatic carbocycles. The molecule has 2 aliphatic rings. The fraction of sp³-hybridized carbons (Fsp3) is 0.667. The highest BCUT2D eigenvalue weighted by atomic mass is 16.2. The smallest absolute Gasteiger partial charge is 0.274 e. The average Bonchev–Trinajstić information content (AvgIpc) is 3.02. The number of piperidine rings is 1. The summed E-state index contributed by atoms with van der Waals surface area (Å²) < 4.78 is 0. The van der Waals surface area contributed by atoms with Crippen molar-refractivity contribution in [3.05, 3.63) is 23.8 Å². The molecule has 0 saturated carbocycles. The first-order chi connectivity index (χ1) is 9.74. The molecule has 108 valence electrons. The van der Waals surface area contributed by atoms with Gasteiger partial charge in [0.25, 0.3) is 5.91 Å². The number of amides is 1. The number of nitrogens with zero attached hydrogens (tertiary/aromatic N) is 3. The van der Waals surface area contributed by atoms with Gasteiger partial charge in [0.15, 0.2) is 0 Å². The van der Waals surface area contributed by atoms with Crippen molar-refractivity contribution in [2.24, 2.45) is 11.8 Å². The summed E-state index contributed by atoms with van der Waals surface area (Å²) in [6, 6.07) is 0. The highest BCUT2D eigenvalue weighted by Crippen LogP contribution is 2.29. The predicted molar refractivity (Wildman–Crippen MR) is 76.4 cm³/mol. The van der Waals surface area contributed by atoms with Crippen molar-refractivity contribution in [1.29, 1.82) is 0 Å². The van der Waals surface area contributed by atoms with Gasteiger partial charge in [-0.05, 0) is 51.1 Å². The van der Waals surface area contributed by atoms with E-state index in [1.807, 2.05) is 11.8 Å². The summed E-state index contributed by atoms with van der Waals surface area (Å²) in [5.41, 5.74) is 1.31. The van der Waals surface area contributed by atoms with Crippen LogP contribution in [0.2, 0.25) is 0 Å². The summed E-state index contributed by atoms with van der Waals surface area (Å²) >= 11 is 0. The van der Waals surface area contributed by atoms with Crippen LogP contribution >= 0.6 is 0 Å². The Balaban J connectivity index is 1.57. The minimum Gasteiger partial charge on any atom is -0.337 e. The van der Waals surface area contributed by atoms with Crippen LogP contribution in [0.3, 0.4) is 0 Å². The number of hydrogen-bond donors (Lipinski definition) is 1. The topological polar surface area (TPSA) is 58.1 Å². The fourth-order valence-electron chi connectivity index (χ4n) is 3.32. The summed E-state index contributed by atoms with van der Waals surface area (Å²) in [6.07, 6.45) is 6.78. The minimum absolute atomic E-state index is 0.0282. The second-order valence-corrected chi connectivity index (χ2v) is 5.93. The van der Waals surface area contributed by atoms with E-state index in [1.165, 1.54) is 6.42 Å². The van der Waals surface area contributed by atoms with E-state index >= 15 is 0 Å². The third kappa shape index (κ3) is 2.82. The molecule has 2 aliphatic heterocycles. The van der Waals surface area contributed by atoms with Gasteiger partial charge >= 0.3 is 0 Å². The molecular weight excluding hydrogens is 252 g/mol. The van der Waals surface area contributed by atoms with Crippen LogP contribution in [0.15, 0.2) is 12.4 Å². The maximum Gasteiger partial charge on any atom is 0.274 e. The zero-order valence-electron chi connectivity index (χ0n) is 12.0. The van der Waals surface area contributed by atoms with Gasteiger partial charge in [0, 0.05) is 19.3 Å². The molecule has 1 aromatic rings. The number of aryl methyl sites for hydroxylation is 1. The van der Waals surface area contributed by atoms with Gasteiger partial charge in [0.1, 0.15) is 5.69 Å². The third-order valence-electron chi connectivity index (χ3n) is 4.59. The van der Waals surface area contributed by atoms with Gasteiger partial charge < -0.3 is 10.2 Å². The lowest BCUT2D eigenvalue weighted by molar-refractivity contribution is 0.0657. The number of carbonyl (C=O) groups excluding carboxylic acids is 1. The first-order valence-electron chi connectivity index (χ1n) is 7.52. The van der Waals surface area contributed by atoms with E-state index in [0.717, 1.165) is 56.6 Å². The zero-order valence-corrected chi connectivity index (χ0v) is 12.0. The lowest BCUT2D eigenvalue weighted by Gasteiger charge is -2.34. The van der Waals surface area contributed by atoms with Crippen LogP contribution in [0, 0.1) is 18.8 Å². The van der Waals surface area contributed by atoms with E-state index in [0.29, 0.717) is 5.69 Å². The molecule has 1 unspecified atom stereocenters. The first-order valence-corrected chi connectivity index (χ1v) is 7.52. The Morgan fingerprint density at radius 3 is 2.60 bits per heavy atom. The maximum atomic E-state index is 12.4. The molecule has 5 nitrogen and oxygen atoms in total. The normalized spacial score (nSPS) is 24.1. The van der Waals surface area contributed by atoms with Gasteiger partial charge in [-0.2, -0.15) is 0 Å². The predicted octanol–water partition coefficient (Wildman–Crippen LogP) is 1.25. The molecule has 0 spiro atoms. The van der Waals surface area contributed by atoms with Crippen LogP contribution in [-0.4, -0.2) is 47.0 Å². The Bertz CT molecular complexity index is 459. The van der Waals surface area contributed by atoms with Crippen molar-refractivity contribution in [2.45, 2.75) is 26.2 Å².